The highest BCUT2D eigenvalue weighted by molar-refractivity contribution is 6.58. The van der Waals surface area contributed by atoms with Gasteiger partial charge in [0, 0.05) is 24.7 Å². The minimum absolute atomic E-state index is 0. The van der Waals surface area contributed by atoms with Crippen LogP contribution in [-0.2, 0) is 0 Å². The molecule has 1 aliphatic rings. The van der Waals surface area contributed by atoms with Crippen LogP contribution in [0.15, 0.2) is 18.3 Å². The quantitative estimate of drug-likeness (QED) is 0.726. The van der Waals surface area contributed by atoms with E-state index >= 15 is 0 Å². The van der Waals surface area contributed by atoms with Gasteiger partial charge < -0.3 is 14.9 Å². The molecule has 4 nitrogen and oxygen atoms in total. The molecule has 0 unspecified atom stereocenters. The maximum atomic E-state index is 8.93. The maximum Gasteiger partial charge on any atom is 0.490 e. The van der Waals surface area contributed by atoms with Crippen LogP contribution in [0.4, 0.5) is 5.82 Å². The Labute approximate surface area is 102 Å². The minimum atomic E-state index is -1.42. The third-order valence-electron chi connectivity index (χ3n) is 2.75. The standard InChI is InChI=1S/C10H15BN2O2.ClH/c14-11(15)9-4-5-10(12-8-9)13-6-2-1-3-7-13;/h4-5,8,14-15H,1-3,6-7H2;1H. The van der Waals surface area contributed by atoms with E-state index in [0.29, 0.717) is 5.46 Å². The summed E-state index contributed by atoms with van der Waals surface area (Å²) in [5.74, 6) is 0.930. The Bertz CT molecular complexity index is 315. The van der Waals surface area contributed by atoms with Crippen molar-refractivity contribution in [3.63, 3.8) is 0 Å². The lowest BCUT2D eigenvalue weighted by atomic mass is 9.82. The van der Waals surface area contributed by atoms with E-state index in [0.717, 1.165) is 18.9 Å². The van der Waals surface area contributed by atoms with E-state index in [-0.39, 0.29) is 12.4 Å². The molecule has 0 bridgehead atoms. The number of hydrogen-bond acceptors (Lipinski definition) is 4. The summed E-state index contributed by atoms with van der Waals surface area (Å²) in [5, 5.41) is 17.9. The number of piperidine rings is 1. The van der Waals surface area contributed by atoms with E-state index in [2.05, 4.69) is 9.88 Å². The number of nitrogens with zero attached hydrogens (tertiary/aromatic N) is 2. The fourth-order valence-electron chi connectivity index (χ4n) is 1.86. The maximum absolute atomic E-state index is 8.93. The van der Waals surface area contributed by atoms with Gasteiger partial charge in [-0.05, 0) is 25.3 Å². The number of anilines is 1. The Morgan fingerprint density at radius 2 is 1.81 bits per heavy atom. The van der Waals surface area contributed by atoms with E-state index in [9.17, 15) is 0 Å². The second-order valence-corrected chi connectivity index (χ2v) is 3.87. The van der Waals surface area contributed by atoms with Crippen LogP contribution in [0.2, 0.25) is 0 Å². The van der Waals surface area contributed by atoms with Gasteiger partial charge in [-0.3, -0.25) is 0 Å². The lowest BCUT2D eigenvalue weighted by Gasteiger charge is -2.27. The second kappa shape index (κ2) is 6.08. The van der Waals surface area contributed by atoms with Crippen molar-refractivity contribution in [2.45, 2.75) is 19.3 Å². The summed E-state index contributed by atoms with van der Waals surface area (Å²) in [6.07, 6.45) is 5.25. The van der Waals surface area contributed by atoms with Gasteiger partial charge in [0.1, 0.15) is 5.82 Å². The molecule has 0 aliphatic carbocycles. The highest BCUT2D eigenvalue weighted by Crippen LogP contribution is 2.15. The molecule has 1 aromatic rings. The van der Waals surface area contributed by atoms with Gasteiger partial charge in [-0.15, -0.1) is 12.4 Å². The Hall–Kier alpha value is -0.775. The van der Waals surface area contributed by atoms with E-state index in [1.54, 1.807) is 6.07 Å². The van der Waals surface area contributed by atoms with E-state index in [4.69, 9.17) is 10.0 Å². The molecule has 16 heavy (non-hydrogen) atoms. The largest absolute Gasteiger partial charge is 0.490 e. The van der Waals surface area contributed by atoms with Crippen LogP contribution in [0.25, 0.3) is 0 Å². The summed E-state index contributed by atoms with van der Waals surface area (Å²) in [5.41, 5.74) is 0.441. The topological polar surface area (TPSA) is 56.6 Å². The van der Waals surface area contributed by atoms with Crippen LogP contribution < -0.4 is 10.4 Å². The Kier molecular flexibility index (Phi) is 5.05. The van der Waals surface area contributed by atoms with E-state index < -0.39 is 7.12 Å². The molecule has 6 heteroatoms. The minimum Gasteiger partial charge on any atom is -0.423 e. The Morgan fingerprint density at radius 3 is 2.31 bits per heavy atom. The van der Waals surface area contributed by atoms with Crippen molar-refractivity contribution in [2.75, 3.05) is 18.0 Å². The average molecular weight is 243 g/mol. The van der Waals surface area contributed by atoms with Crippen LogP contribution in [0, 0.1) is 0 Å². The van der Waals surface area contributed by atoms with Crippen molar-refractivity contribution in [3.8, 4) is 0 Å². The molecule has 0 aromatic carbocycles. The molecular weight excluding hydrogens is 226 g/mol. The van der Waals surface area contributed by atoms with Crippen LogP contribution in [0.1, 0.15) is 19.3 Å². The molecule has 0 spiro atoms. The summed E-state index contributed by atoms with van der Waals surface area (Å²) in [4.78, 5) is 6.46. The Balaban J connectivity index is 0.00000128. The molecule has 0 saturated carbocycles. The first-order valence-corrected chi connectivity index (χ1v) is 5.34. The van der Waals surface area contributed by atoms with Gasteiger partial charge >= 0.3 is 7.12 Å². The predicted molar refractivity (Wildman–Crippen MR) is 67.4 cm³/mol. The molecule has 2 rings (SSSR count). The van der Waals surface area contributed by atoms with Crippen molar-refractivity contribution in [3.05, 3.63) is 18.3 Å². The van der Waals surface area contributed by atoms with Gasteiger partial charge in [0.2, 0.25) is 0 Å². The highest BCUT2D eigenvalue weighted by atomic mass is 35.5. The van der Waals surface area contributed by atoms with Crippen LogP contribution in [0.3, 0.4) is 0 Å². The zero-order valence-corrected chi connectivity index (χ0v) is 9.86. The summed E-state index contributed by atoms with van der Waals surface area (Å²) in [6, 6.07) is 3.56. The van der Waals surface area contributed by atoms with Crippen LogP contribution >= 0.6 is 12.4 Å². The number of aromatic nitrogens is 1. The van der Waals surface area contributed by atoms with Crippen molar-refractivity contribution in [1.29, 1.82) is 0 Å². The van der Waals surface area contributed by atoms with E-state index in [1.165, 1.54) is 25.5 Å². The SMILES string of the molecule is Cl.OB(O)c1ccc(N2CCCCC2)nc1. The molecule has 2 heterocycles. The van der Waals surface area contributed by atoms with E-state index in [1.807, 2.05) is 6.07 Å². The molecule has 0 radical (unpaired) electrons. The van der Waals surface area contributed by atoms with Crippen molar-refractivity contribution in [1.82, 2.24) is 4.98 Å². The number of hydrogen-bond donors (Lipinski definition) is 2. The molecule has 0 amide bonds. The molecule has 2 N–H and O–H groups in total. The van der Waals surface area contributed by atoms with Crippen LogP contribution in [-0.4, -0.2) is 35.2 Å². The third-order valence-corrected chi connectivity index (χ3v) is 2.75. The second-order valence-electron chi connectivity index (χ2n) is 3.87. The molecule has 1 fully saturated rings. The zero-order valence-electron chi connectivity index (χ0n) is 9.04. The number of halogens is 1. The first-order valence-electron chi connectivity index (χ1n) is 5.34. The number of rotatable bonds is 2. The first-order chi connectivity index (χ1) is 7.27. The van der Waals surface area contributed by atoms with Gasteiger partial charge in [-0.1, -0.05) is 6.07 Å². The molecule has 1 aliphatic heterocycles. The lowest BCUT2D eigenvalue weighted by molar-refractivity contribution is 0.425. The summed E-state index contributed by atoms with van der Waals surface area (Å²) >= 11 is 0. The summed E-state index contributed by atoms with van der Waals surface area (Å²) in [7, 11) is -1.42. The molecule has 88 valence electrons. The zero-order chi connectivity index (χ0) is 10.7. The molecule has 1 saturated heterocycles. The normalized spacial score (nSPS) is 15.5. The van der Waals surface area contributed by atoms with Crippen molar-refractivity contribution in [2.24, 2.45) is 0 Å². The fraction of sp³-hybridized carbons (Fsp3) is 0.500. The van der Waals surface area contributed by atoms with Crippen molar-refractivity contribution >= 4 is 30.8 Å². The summed E-state index contributed by atoms with van der Waals surface area (Å²) < 4.78 is 0. The van der Waals surface area contributed by atoms with Gasteiger partial charge in [-0.25, -0.2) is 4.98 Å². The van der Waals surface area contributed by atoms with Gasteiger partial charge in [0.05, 0.1) is 0 Å². The summed E-state index contributed by atoms with van der Waals surface area (Å²) in [6.45, 7) is 2.10. The fourth-order valence-corrected chi connectivity index (χ4v) is 1.86. The van der Waals surface area contributed by atoms with Crippen molar-refractivity contribution < 1.29 is 10.0 Å². The third kappa shape index (κ3) is 3.11. The van der Waals surface area contributed by atoms with Crippen LogP contribution in [0.5, 0.6) is 0 Å². The average Bonchev–Trinajstić information content (AvgIpc) is 2.30. The highest BCUT2D eigenvalue weighted by Gasteiger charge is 2.14. The first kappa shape index (κ1) is 13.3. The van der Waals surface area contributed by atoms with Gasteiger partial charge in [-0.2, -0.15) is 0 Å². The Morgan fingerprint density at radius 1 is 1.12 bits per heavy atom. The number of pyridine rings is 1. The monoisotopic (exact) mass is 242 g/mol. The predicted octanol–water partition coefficient (Wildman–Crippen LogP) is 0.173. The van der Waals surface area contributed by atoms with Gasteiger partial charge in [0.25, 0.3) is 0 Å². The lowest BCUT2D eigenvalue weighted by Crippen LogP contribution is -2.33. The van der Waals surface area contributed by atoms with Gasteiger partial charge in [0.15, 0.2) is 0 Å². The molecule has 0 atom stereocenters. The molecule has 1 aromatic heterocycles. The smallest absolute Gasteiger partial charge is 0.423 e. The molecular formula is C10H16BClN2O2.